The van der Waals surface area contributed by atoms with Crippen LogP contribution in [0.4, 0.5) is 11.4 Å². The number of hydrogen-bond donors (Lipinski definition) is 2. The van der Waals surface area contributed by atoms with Crippen LogP contribution < -0.4 is 20.9 Å². The molecule has 0 radical (unpaired) electrons. The van der Waals surface area contributed by atoms with Gasteiger partial charge in [0.25, 0.3) is 0 Å². The first-order chi connectivity index (χ1) is 12.1. The molecule has 4 nitrogen and oxygen atoms in total. The number of ether oxygens (including phenoxy) is 2. The molecule has 2 aromatic carbocycles. The molecule has 134 valence electrons. The van der Waals surface area contributed by atoms with Crippen LogP contribution in [-0.2, 0) is 0 Å². The summed E-state index contributed by atoms with van der Waals surface area (Å²) >= 11 is 0. The molecule has 0 saturated heterocycles. The fourth-order valence-corrected chi connectivity index (χ4v) is 3.38. The molecule has 0 unspecified atom stereocenters. The van der Waals surface area contributed by atoms with Crippen LogP contribution in [0.2, 0.25) is 0 Å². The van der Waals surface area contributed by atoms with E-state index in [1.165, 1.54) is 25.7 Å². The topological polar surface area (TPSA) is 70.5 Å². The number of hydrogen-bond acceptors (Lipinski definition) is 4. The molecule has 4 heteroatoms. The number of nitrogens with two attached hydrogens (primary N) is 2. The van der Waals surface area contributed by atoms with Gasteiger partial charge in [-0.2, -0.15) is 0 Å². The zero-order chi connectivity index (χ0) is 17.6. The van der Waals surface area contributed by atoms with Crippen molar-refractivity contribution in [1.29, 1.82) is 0 Å². The van der Waals surface area contributed by atoms with Gasteiger partial charge in [-0.3, -0.25) is 0 Å². The first-order valence-electron chi connectivity index (χ1n) is 9.08. The van der Waals surface area contributed by atoms with Crippen molar-refractivity contribution in [2.45, 2.75) is 32.6 Å². The average Bonchev–Trinajstić information content (AvgIpc) is 2.63. The Morgan fingerprint density at radius 3 is 1.92 bits per heavy atom. The normalized spacial score (nSPS) is 20.2. The summed E-state index contributed by atoms with van der Waals surface area (Å²) in [5, 5.41) is 0. The summed E-state index contributed by atoms with van der Waals surface area (Å²) in [6.07, 6.45) is 4.71. The van der Waals surface area contributed by atoms with Gasteiger partial charge in [0.15, 0.2) is 0 Å². The molecule has 1 fully saturated rings. The van der Waals surface area contributed by atoms with E-state index in [-0.39, 0.29) is 0 Å². The molecule has 0 aliphatic heterocycles. The predicted octanol–water partition coefficient (Wildman–Crippen LogP) is 4.42. The van der Waals surface area contributed by atoms with Crippen molar-refractivity contribution < 1.29 is 9.47 Å². The molecule has 0 bridgehead atoms. The van der Waals surface area contributed by atoms with Gasteiger partial charge in [0, 0.05) is 11.3 Å². The van der Waals surface area contributed by atoms with Crippen molar-refractivity contribution >= 4 is 11.4 Å². The Morgan fingerprint density at radius 2 is 1.28 bits per heavy atom. The first-order valence-corrected chi connectivity index (χ1v) is 9.08. The predicted molar refractivity (Wildman–Crippen MR) is 103 cm³/mol. The average molecular weight is 340 g/mol. The van der Waals surface area contributed by atoms with Gasteiger partial charge in [0.05, 0.1) is 18.9 Å². The van der Waals surface area contributed by atoms with E-state index >= 15 is 0 Å². The second-order valence-electron chi connectivity index (χ2n) is 7.02. The van der Waals surface area contributed by atoms with Gasteiger partial charge in [-0.1, -0.05) is 18.2 Å². The molecule has 0 amide bonds. The van der Waals surface area contributed by atoms with Crippen LogP contribution in [0.15, 0.2) is 42.5 Å². The number of nitrogen functional groups attached to an aromatic ring is 2. The molecule has 1 saturated carbocycles. The molecule has 3 rings (SSSR count). The maximum atomic E-state index is 6.01. The Morgan fingerprint density at radius 1 is 0.760 bits per heavy atom. The highest BCUT2D eigenvalue weighted by molar-refractivity contribution is 5.53. The highest BCUT2D eigenvalue weighted by atomic mass is 16.5. The molecular formula is C21H28N2O2. The zero-order valence-corrected chi connectivity index (χ0v) is 14.9. The van der Waals surface area contributed by atoms with E-state index < -0.39 is 0 Å². The van der Waals surface area contributed by atoms with Crippen molar-refractivity contribution in [3.8, 4) is 11.5 Å². The molecular weight excluding hydrogens is 312 g/mol. The van der Waals surface area contributed by atoms with Gasteiger partial charge in [-0.15, -0.1) is 0 Å². The molecule has 1 aliphatic carbocycles. The minimum Gasteiger partial charge on any atom is -0.493 e. The van der Waals surface area contributed by atoms with Crippen LogP contribution in [0, 0.1) is 18.8 Å². The van der Waals surface area contributed by atoms with Crippen molar-refractivity contribution in [3.63, 3.8) is 0 Å². The smallest absolute Gasteiger partial charge is 0.142 e. The summed E-state index contributed by atoms with van der Waals surface area (Å²) in [6, 6.07) is 13.5. The van der Waals surface area contributed by atoms with Crippen LogP contribution in [0.5, 0.6) is 11.5 Å². The highest BCUT2D eigenvalue weighted by Gasteiger charge is 2.22. The Kier molecular flexibility index (Phi) is 5.69. The van der Waals surface area contributed by atoms with E-state index in [9.17, 15) is 0 Å². The minimum atomic E-state index is 0.602. The minimum absolute atomic E-state index is 0.602. The second kappa shape index (κ2) is 8.15. The lowest BCUT2D eigenvalue weighted by molar-refractivity contribution is 0.148. The van der Waals surface area contributed by atoms with E-state index in [0.29, 0.717) is 17.5 Å². The molecule has 0 aromatic heterocycles. The fraction of sp³-hybridized carbons (Fsp3) is 0.429. The first kappa shape index (κ1) is 17.5. The van der Waals surface area contributed by atoms with E-state index in [0.717, 1.165) is 36.0 Å². The van der Waals surface area contributed by atoms with E-state index in [1.807, 2.05) is 49.4 Å². The quantitative estimate of drug-likeness (QED) is 0.764. The molecule has 1 aliphatic rings. The molecule has 0 atom stereocenters. The van der Waals surface area contributed by atoms with Crippen LogP contribution >= 0.6 is 0 Å². The standard InChI is InChI=1S/C21H28N2O2/c1-15-18(22)6-4-8-20(15)24-13-16-9-11-17(12-10-16)14-25-21-7-3-2-5-19(21)23/h2-8,16-17H,9-14,22-23H2,1H3. The van der Waals surface area contributed by atoms with Gasteiger partial charge in [-0.25, -0.2) is 0 Å². The largest absolute Gasteiger partial charge is 0.493 e. The zero-order valence-electron chi connectivity index (χ0n) is 14.9. The Bertz CT molecular complexity index is 694. The summed E-state index contributed by atoms with van der Waals surface area (Å²) in [5.74, 6) is 2.92. The van der Waals surface area contributed by atoms with Crippen molar-refractivity contribution in [2.75, 3.05) is 24.7 Å². The number of benzene rings is 2. The number of rotatable bonds is 6. The van der Waals surface area contributed by atoms with Crippen LogP contribution in [0.1, 0.15) is 31.2 Å². The maximum absolute atomic E-state index is 6.01. The lowest BCUT2D eigenvalue weighted by Gasteiger charge is -2.28. The summed E-state index contributed by atoms with van der Waals surface area (Å²) in [5.41, 5.74) is 14.4. The third-order valence-corrected chi connectivity index (χ3v) is 5.16. The van der Waals surface area contributed by atoms with Gasteiger partial charge < -0.3 is 20.9 Å². The summed E-state index contributed by atoms with van der Waals surface area (Å²) in [4.78, 5) is 0. The fourth-order valence-electron chi connectivity index (χ4n) is 3.38. The van der Waals surface area contributed by atoms with Crippen molar-refractivity contribution in [2.24, 2.45) is 11.8 Å². The second-order valence-corrected chi connectivity index (χ2v) is 7.02. The Labute approximate surface area is 150 Å². The van der Waals surface area contributed by atoms with Crippen LogP contribution in [-0.4, -0.2) is 13.2 Å². The third kappa shape index (κ3) is 4.59. The van der Waals surface area contributed by atoms with Gasteiger partial charge >= 0.3 is 0 Å². The summed E-state index contributed by atoms with van der Waals surface area (Å²) in [7, 11) is 0. The Balaban J connectivity index is 1.41. The molecule has 2 aromatic rings. The molecule has 0 spiro atoms. The van der Waals surface area contributed by atoms with Gasteiger partial charge in [-0.05, 0) is 68.7 Å². The van der Waals surface area contributed by atoms with Gasteiger partial charge in [0.2, 0.25) is 0 Å². The van der Waals surface area contributed by atoms with E-state index in [4.69, 9.17) is 20.9 Å². The molecule has 4 N–H and O–H groups in total. The lowest BCUT2D eigenvalue weighted by atomic mass is 9.83. The van der Waals surface area contributed by atoms with Crippen LogP contribution in [0.25, 0.3) is 0 Å². The number of para-hydroxylation sites is 2. The Hall–Kier alpha value is -2.36. The maximum Gasteiger partial charge on any atom is 0.142 e. The highest BCUT2D eigenvalue weighted by Crippen LogP contribution is 2.31. The van der Waals surface area contributed by atoms with Crippen molar-refractivity contribution in [3.05, 3.63) is 48.0 Å². The molecule has 0 heterocycles. The lowest BCUT2D eigenvalue weighted by Crippen LogP contribution is -2.23. The van der Waals surface area contributed by atoms with E-state index in [2.05, 4.69) is 0 Å². The van der Waals surface area contributed by atoms with E-state index in [1.54, 1.807) is 0 Å². The molecule has 25 heavy (non-hydrogen) atoms. The summed E-state index contributed by atoms with van der Waals surface area (Å²) in [6.45, 7) is 3.52. The summed E-state index contributed by atoms with van der Waals surface area (Å²) < 4.78 is 11.9. The number of anilines is 2. The van der Waals surface area contributed by atoms with Crippen molar-refractivity contribution in [1.82, 2.24) is 0 Å². The van der Waals surface area contributed by atoms with Crippen LogP contribution in [0.3, 0.4) is 0 Å². The monoisotopic (exact) mass is 340 g/mol. The van der Waals surface area contributed by atoms with Gasteiger partial charge in [0.1, 0.15) is 11.5 Å². The third-order valence-electron chi connectivity index (χ3n) is 5.16. The SMILES string of the molecule is Cc1c(N)cccc1OCC1CCC(COc2ccccc2N)CC1.